The molecule has 0 aliphatic heterocycles. The summed E-state index contributed by atoms with van der Waals surface area (Å²) in [5.74, 6) is -2.55. The molecule has 2 aromatic rings. The van der Waals surface area contributed by atoms with E-state index >= 15 is 0 Å². The number of nitrogens with zero attached hydrogens (tertiary/aromatic N) is 1. The summed E-state index contributed by atoms with van der Waals surface area (Å²) in [6.45, 7) is 1.62. The summed E-state index contributed by atoms with van der Waals surface area (Å²) < 4.78 is 57.3. The topological polar surface area (TPSA) is 75.7 Å². The van der Waals surface area contributed by atoms with Crippen LogP contribution in [0, 0.1) is 11.6 Å². The summed E-state index contributed by atoms with van der Waals surface area (Å²) in [4.78, 5) is 12.7. The number of hydrogen-bond acceptors (Lipinski definition) is 4. The normalized spacial score (nSPS) is 12.4. The number of carbonyl (C=O) groups is 1. The third kappa shape index (κ3) is 4.90. The van der Waals surface area contributed by atoms with Gasteiger partial charge in [-0.3, -0.25) is 9.10 Å². The fourth-order valence-corrected chi connectivity index (χ4v) is 4.11. The van der Waals surface area contributed by atoms with Crippen molar-refractivity contribution < 1.29 is 26.7 Å². The van der Waals surface area contributed by atoms with Gasteiger partial charge in [0.15, 0.2) is 11.6 Å². The molecule has 0 saturated heterocycles. The van der Waals surface area contributed by atoms with Gasteiger partial charge in [0.1, 0.15) is 11.8 Å². The van der Waals surface area contributed by atoms with Gasteiger partial charge in [0.05, 0.1) is 24.1 Å². The minimum atomic E-state index is -3.88. The van der Waals surface area contributed by atoms with E-state index in [1.54, 1.807) is 6.92 Å². The molecule has 0 bridgehead atoms. The van der Waals surface area contributed by atoms with Crippen LogP contribution in [0.5, 0.6) is 5.75 Å². The van der Waals surface area contributed by atoms with Crippen LogP contribution in [0.25, 0.3) is 0 Å². The molecule has 0 fully saturated rings. The second-order valence-electron chi connectivity index (χ2n) is 5.92. The molecule has 1 unspecified atom stereocenters. The number of halogens is 3. The zero-order valence-corrected chi connectivity index (χ0v) is 16.9. The van der Waals surface area contributed by atoms with Crippen molar-refractivity contribution >= 4 is 38.9 Å². The molecular weight excluding hydrogens is 414 g/mol. The predicted molar refractivity (Wildman–Crippen MR) is 104 cm³/mol. The number of amides is 1. The van der Waals surface area contributed by atoms with Gasteiger partial charge in [-0.05, 0) is 36.8 Å². The van der Waals surface area contributed by atoms with E-state index in [-0.39, 0.29) is 22.8 Å². The predicted octanol–water partition coefficient (Wildman–Crippen LogP) is 3.81. The van der Waals surface area contributed by atoms with Gasteiger partial charge < -0.3 is 10.1 Å². The first-order valence-corrected chi connectivity index (χ1v) is 10.4. The largest absolute Gasteiger partial charge is 0.495 e. The van der Waals surface area contributed by atoms with E-state index in [2.05, 4.69) is 5.32 Å². The molecule has 2 aromatic carbocycles. The molecule has 0 saturated carbocycles. The Balaban J connectivity index is 2.41. The second kappa shape index (κ2) is 8.74. The zero-order chi connectivity index (χ0) is 21.1. The fraction of sp³-hybridized carbons (Fsp3) is 0.278. The Bertz CT molecular complexity index is 986. The molecule has 0 aliphatic carbocycles. The summed E-state index contributed by atoms with van der Waals surface area (Å²) >= 11 is 6.09. The lowest BCUT2D eigenvalue weighted by Crippen LogP contribution is -2.47. The maximum atomic E-state index is 13.4. The lowest BCUT2D eigenvalue weighted by Gasteiger charge is -2.30. The fourth-order valence-electron chi connectivity index (χ4n) is 2.65. The van der Waals surface area contributed by atoms with Gasteiger partial charge in [0.25, 0.3) is 0 Å². The highest BCUT2D eigenvalue weighted by Gasteiger charge is 2.32. The number of methoxy groups -OCH3 is 1. The van der Waals surface area contributed by atoms with E-state index in [1.807, 2.05) is 0 Å². The zero-order valence-electron chi connectivity index (χ0n) is 15.4. The number of ether oxygens (including phenoxy) is 1. The number of hydrogen-bond donors (Lipinski definition) is 1. The summed E-state index contributed by atoms with van der Waals surface area (Å²) in [5, 5.41) is 2.58. The maximum absolute atomic E-state index is 13.4. The van der Waals surface area contributed by atoms with Crippen molar-refractivity contribution in [2.75, 3.05) is 23.0 Å². The Morgan fingerprint density at radius 3 is 2.39 bits per heavy atom. The van der Waals surface area contributed by atoms with E-state index in [1.165, 1.54) is 31.4 Å². The Morgan fingerprint density at radius 1 is 1.21 bits per heavy atom. The Morgan fingerprint density at radius 2 is 1.89 bits per heavy atom. The average molecular weight is 433 g/mol. The molecule has 0 aliphatic rings. The number of nitrogens with one attached hydrogen (secondary N) is 1. The molecule has 1 atom stereocenters. The quantitative estimate of drug-likeness (QED) is 0.721. The molecule has 6 nitrogen and oxygen atoms in total. The molecule has 0 heterocycles. The Kier molecular flexibility index (Phi) is 6.84. The molecule has 0 radical (unpaired) electrons. The van der Waals surface area contributed by atoms with Crippen molar-refractivity contribution in [2.45, 2.75) is 19.4 Å². The van der Waals surface area contributed by atoms with Crippen LogP contribution < -0.4 is 14.4 Å². The SMILES string of the molecule is CCC(C(=O)Nc1ccc(F)c(F)c1)N(c1ccc(OC)c(Cl)c1)S(C)(=O)=O. The second-order valence-corrected chi connectivity index (χ2v) is 8.19. The van der Waals surface area contributed by atoms with Crippen molar-refractivity contribution in [2.24, 2.45) is 0 Å². The molecule has 1 amide bonds. The third-order valence-corrected chi connectivity index (χ3v) is 5.38. The standard InChI is InChI=1S/C18H19ClF2N2O4S/c1-4-16(18(24)22-11-5-7-14(20)15(21)9-11)23(28(3,25)26)12-6-8-17(27-2)13(19)10-12/h5-10,16H,4H2,1-3H3,(H,22,24). The van der Waals surface area contributed by atoms with Crippen LogP contribution in [-0.2, 0) is 14.8 Å². The van der Waals surface area contributed by atoms with Gasteiger partial charge >= 0.3 is 0 Å². The molecule has 2 rings (SSSR count). The first-order valence-electron chi connectivity index (χ1n) is 8.17. The first-order chi connectivity index (χ1) is 13.1. The number of benzene rings is 2. The maximum Gasteiger partial charge on any atom is 0.248 e. The molecule has 0 spiro atoms. The van der Waals surface area contributed by atoms with Gasteiger partial charge in [-0.15, -0.1) is 0 Å². The van der Waals surface area contributed by atoms with Gasteiger partial charge in [-0.25, -0.2) is 17.2 Å². The summed E-state index contributed by atoms with van der Waals surface area (Å²) in [7, 11) is -2.46. The first kappa shape index (κ1) is 21.9. The van der Waals surface area contributed by atoms with Crippen LogP contribution in [0.3, 0.4) is 0 Å². The number of rotatable bonds is 7. The lowest BCUT2D eigenvalue weighted by molar-refractivity contribution is -0.117. The van der Waals surface area contributed by atoms with Crippen LogP contribution in [-0.4, -0.2) is 33.7 Å². The van der Waals surface area contributed by atoms with Crippen molar-refractivity contribution in [1.29, 1.82) is 0 Å². The lowest BCUT2D eigenvalue weighted by atomic mass is 10.1. The van der Waals surface area contributed by atoms with E-state index < -0.39 is 33.6 Å². The monoisotopic (exact) mass is 432 g/mol. The van der Waals surface area contributed by atoms with Crippen molar-refractivity contribution in [3.63, 3.8) is 0 Å². The van der Waals surface area contributed by atoms with Crippen LogP contribution in [0.2, 0.25) is 5.02 Å². The number of anilines is 2. The molecule has 1 N–H and O–H groups in total. The number of sulfonamides is 1. The molecule has 0 aromatic heterocycles. The van der Waals surface area contributed by atoms with Gasteiger partial charge in [-0.2, -0.15) is 0 Å². The molecular formula is C18H19ClF2N2O4S. The van der Waals surface area contributed by atoms with Gasteiger partial charge in [0.2, 0.25) is 15.9 Å². The van der Waals surface area contributed by atoms with Gasteiger partial charge in [0, 0.05) is 11.8 Å². The van der Waals surface area contributed by atoms with E-state index in [0.29, 0.717) is 5.75 Å². The van der Waals surface area contributed by atoms with E-state index in [0.717, 1.165) is 22.7 Å². The summed E-state index contributed by atoms with van der Waals surface area (Å²) in [5.41, 5.74) is 0.171. The van der Waals surface area contributed by atoms with Crippen LogP contribution in [0.1, 0.15) is 13.3 Å². The van der Waals surface area contributed by atoms with Crippen molar-refractivity contribution in [3.8, 4) is 5.75 Å². The minimum Gasteiger partial charge on any atom is -0.495 e. The van der Waals surface area contributed by atoms with E-state index in [9.17, 15) is 22.0 Å². The minimum absolute atomic E-state index is 0.00330. The van der Waals surface area contributed by atoms with Crippen LogP contribution in [0.15, 0.2) is 36.4 Å². The number of carbonyl (C=O) groups excluding carboxylic acids is 1. The summed E-state index contributed by atoms with van der Waals surface area (Å²) in [6.07, 6.45) is 1.07. The van der Waals surface area contributed by atoms with Crippen LogP contribution in [0.4, 0.5) is 20.2 Å². The van der Waals surface area contributed by atoms with Gasteiger partial charge in [-0.1, -0.05) is 18.5 Å². The molecule has 10 heteroatoms. The smallest absolute Gasteiger partial charge is 0.248 e. The Hall–Kier alpha value is -2.39. The van der Waals surface area contributed by atoms with Crippen LogP contribution >= 0.6 is 11.6 Å². The third-order valence-electron chi connectivity index (χ3n) is 3.91. The Labute approximate surface area is 167 Å². The highest BCUT2D eigenvalue weighted by molar-refractivity contribution is 7.92. The molecule has 28 heavy (non-hydrogen) atoms. The van der Waals surface area contributed by atoms with Crippen molar-refractivity contribution in [1.82, 2.24) is 0 Å². The summed E-state index contributed by atoms with van der Waals surface area (Å²) in [6, 6.07) is 6.02. The average Bonchev–Trinajstić information content (AvgIpc) is 2.61. The highest BCUT2D eigenvalue weighted by Crippen LogP contribution is 2.32. The van der Waals surface area contributed by atoms with E-state index in [4.69, 9.17) is 16.3 Å². The van der Waals surface area contributed by atoms with Crippen molar-refractivity contribution in [3.05, 3.63) is 53.1 Å². The molecule has 152 valence electrons. The highest BCUT2D eigenvalue weighted by atomic mass is 35.5.